The molecular formula is C25H18N2O2S. The van der Waals surface area contributed by atoms with E-state index < -0.39 is 0 Å². The Morgan fingerprint density at radius 3 is 2.10 bits per heavy atom. The van der Waals surface area contributed by atoms with Crippen LogP contribution in [0, 0.1) is 11.8 Å². The predicted molar refractivity (Wildman–Crippen MR) is 121 cm³/mol. The first kappa shape index (κ1) is 18.5. The summed E-state index contributed by atoms with van der Waals surface area (Å²) in [6, 6.07) is 24.7. The first-order chi connectivity index (χ1) is 14.7. The van der Waals surface area contributed by atoms with Crippen molar-refractivity contribution >= 4 is 44.7 Å². The van der Waals surface area contributed by atoms with Crippen LogP contribution in [0.3, 0.4) is 0 Å². The lowest BCUT2D eigenvalue weighted by Crippen LogP contribution is -2.25. The van der Waals surface area contributed by atoms with Crippen molar-refractivity contribution in [3.05, 3.63) is 83.9 Å². The fraction of sp³-hybridized carbons (Fsp3) is 0.120. The Morgan fingerprint density at radius 2 is 1.50 bits per heavy atom. The number of nitrogens with zero attached hydrogens (tertiary/aromatic N) is 1. The van der Waals surface area contributed by atoms with E-state index in [0.29, 0.717) is 13.0 Å². The van der Waals surface area contributed by atoms with Crippen molar-refractivity contribution in [1.82, 2.24) is 9.88 Å². The number of imide groups is 1. The van der Waals surface area contributed by atoms with E-state index in [1.807, 2.05) is 24.3 Å². The van der Waals surface area contributed by atoms with E-state index >= 15 is 0 Å². The standard InChI is InChI=1S/C25H18N2O2S/c28-24-23(30-25(29)26-24)16-18-13-11-17(12-14-18)6-5-15-27-21-9-3-1-7-19(21)20-8-2-4-10-22(20)27/h1-4,7-14,23H,15-16H2,(H,26,28,29). The third kappa shape index (κ3) is 3.47. The second-order valence-electron chi connectivity index (χ2n) is 7.21. The zero-order chi connectivity index (χ0) is 20.5. The van der Waals surface area contributed by atoms with Crippen LogP contribution in [0.15, 0.2) is 72.8 Å². The molecule has 4 aromatic rings. The number of hydrogen-bond donors (Lipinski definition) is 1. The quantitative estimate of drug-likeness (QED) is 0.497. The van der Waals surface area contributed by atoms with Crippen molar-refractivity contribution < 1.29 is 9.59 Å². The number of fused-ring (bicyclic) bond motifs is 3. The third-order valence-corrected chi connectivity index (χ3v) is 6.27. The Kier molecular flexibility index (Phi) is 4.78. The van der Waals surface area contributed by atoms with Crippen LogP contribution in [0.25, 0.3) is 21.8 Å². The normalized spacial score (nSPS) is 15.9. The van der Waals surface area contributed by atoms with Gasteiger partial charge in [-0.25, -0.2) is 0 Å². The smallest absolute Gasteiger partial charge is 0.286 e. The monoisotopic (exact) mass is 410 g/mol. The van der Waals surface area contributed by atoms with Crippen molar-refractivity contribution in [2.45, 2.75) is 18.2 Å². The van der Waals surface area contributed by atoms with Gasteiger partial charge in [-0.3, -0.25) is 14.9 Å². The number of amides is 2. The lowest BCUT2D eigenvalue weighted by Gasteiger charge is -2.05. The molecule has 1 fully saturated rings. The maximum Gasteiger partial charge on any atom is 0.286 e. The molecule has 30 heavy (non-hydrogen) atoms. The third-order valence-electron chi connectivity index (χ3n) is 5.29. The largest absolute Gasteiger partial charge is 0.329 e. The van der Waals surface area contributed by atoms with Gasteiger partial charge in [0.25, 0.3) is 5.24 Å². The van der Waals surface area contributed by atoms with Gasteiger partial charge in [-0.1, -0.05) is 72.1 Å². The summed E-state index contributed by atoms with van der Waals surface area (Å²) in [4.78, 5) is 23.0. The van der Waals surface area contributed by atoms with E-state index in [4.69, 9.17) is 0 Å². The predicted octanol–water partition coefficient (Wildman–Crippen LogP) is 4.74. The van der Waals surface area contributed by atoms with Gasteiger partial charge in [0.15, 0.2) is 0 Å². The van der Waals surface area contributed by atoms with Gasteiger partial charge in [-0.15, -0.1) is 0 Å². The Morgan fingerprint density at radius 1 is 0.867 bits per heavy atom. The maximum absolute atomic E-state index is 11.7. The number of hydrogen-bond acceptors (Lipinski definition) is 3. The second-order valence-corrected chi connectivity index (χ2v) is 8.38. The van der Waals surface area contributed by atoms with Crippen LogP contribution in [0.4, 0.5) is 4.79 Å². The zero-order valence-electron chi connectivity index (χ0n) is 16.1. The summed E-state index contributed by atoms with van der Waals surface area (Å²) >= 11 is 1.06. The van der Waals surface area contributed by atoms with Gasteiger partial charge in [0.05, 0.1) is 11.8 Å². The molecule has 4 nitrogen and oxygen atoms in total. The molecule has 5 rings (SSSR count). The molecule has 2 amide bonds. The van der Waals surface area contributed by atoms with Gasteiger partial charge in [0, 0.05) is 27.4 Å². The van der Waals surface area contributed by atoms with E-state index in [9.17, 15) is 9.59 Å². The molecule has 1 unspecified atom stereocenters. The number of para-hydroxylation sites is 2. The molecule has 0 aliphatic carbocycles. The molecule has 146 valence electrons. The lowest BCUT2D eigenvalue weighted by atomic mass is 10.1. The number of carbonyl (C=O) groups excluding carboxylic acids is 2. The van der Waals surface area contributed by atoms with E-state index in [1.165, 1.54) is 21.8 Å². The Hall–Kier alpha value is -3.49. The average Bonchev–Trinajstić information content (AvgIpc) is 3.26. The Bertz CT molecular complexity index is 1290. The highest BCUT2D eigenvalue weighted by atomic mass is 32.2. The van der Waals surface area contributed by atoms with Gasteiger partial charge in [0.1, 0.15) is 0 Å². The van der Waals surface area contributed by atoms with Crippen molar-refractivity contribution in [2.24, 2.45) is 0 Å². The summed E-state index contributed by atoms with van der Waals surface area (Å²) in [5.74, 6) is 6.33. The highest BCUT2D eigenvalue weighted by molar-refractivity contribution is 8.15. The molecule has 1 saturated heterocycles. The Labute approximate surface area is 178 Å². The summed E-state index contributed by atoms with van der Waals surface area (Å²) < 4.78 is 2.25. The van der Waals surface area contributed by atoms with Crippen molar-refractivity contribution in [3.8, 4) is 11.8 Å². The number of aromatic nitrogens is 1. The summed E-state index contributed by atoms with van der Waals surface area (Å²) in [6.07, 6.45) is 0.539. The van der Waals surface area contributed by atoms with Gasteiger partial charge in [-0.2, -0.15) is 0 Å². The van der Waals surface area contributed by atoms with Gasteiger partial charge in [-0.05, 0) is 36.2 Å². The first-order valence-corrected chi connectivity index (χ1v) is 10.6. The summed E-state index contributed by atoms with van der Waals surface area (Å²) in [6.45, 7) is 0.608. The molecule has 0 radical (unpaired) electrons. The summed E-state index contributed by atoms with van der Waals surface area (Å²) in [7, 11) is 0. The first-order valence-electron chi connectivity index (χ1n) is 9.74. The van der Waals surface area contributed by atoms with Crippen LogP contribution in [-0.4, -0.2) is 21.0 Å². The van der Waals surface area contributed by atoms with Gasteiger partial charge in [0.2, 0.25) is 5.91 Å². The minimum absolute atomic E-state index is 0.208. The molecule has 5 heteroatoms. The van der Waals surface area contributed by atoms with E-state index in [0.717, 1.165) is 22.9 Å². The highest BCUT2D eigenvalue weighted by Gasteiger charge is 2.31. The molecule has 1 aliphatic heterocycles. The molecule has 2 heterocycles. The zero-order valence-corrected chi connectivity index (χ0v) is 16.9. The minimum atomic E-state index is -0.343. The number of thioether (sulfide) groups is 1. The molecule has 0 saturated carbocycles. The minimum Gasteiger partial charge on any atom is -0.329 e. The van der Waals surface area contributed by atoms with Crippen LogP contribution >= 0.6 is 11.8 Å². The van der Waals surface area contributed by atoms with Crippen molar-refractivity contribution in [2.75, 3.05) is 0 Å². The Balaban J connectivity index is 1.35. The van der Waals surface area contributed by atoms with E-state index in [1.54, 1.807) is 0 Å². The average molecular weight is 410 g/mol. The molecule has 0 bridgehead atoms. The molecule has 1 atom stereocenters. The van der Waals surface area contributed by atoms with Crippen LogP contribution in [0.2, 0.25) is 0 Å². The molecule has 1 aromatic heterocycles. The molecule has 1 N–H and O–H groups in total. The maximum atomic E-state index is 11.7. The van der Waals surface area contributed by atoms with Crippen LogP contribution in [0.5, 0.6) is 0 Å². The number of rotatable bonds is 3. The topological polar surface area (TPSA) is 51.1 Å². The summed E-state index contributed by atoms with van der Waals surface area (Å²) in [5.41, 5.74) is 4.32. The van der Waals surface area contributed by atoms with Crippen LogP contribution in [-0.2, 0) is 17.8 Å². The van der Waals surface area contributed by atoms with Crippen molar-refractivity contribution in [1.29, 1.82) is 0 Å². The number of benzene rings is 3. The molecule has 1 aliphatic rings. The highest BCUT2D eigenvalue weighted by Crippen LogP contribution is 2.28. The van der Waals surface area contributed by atoms with Gasteiger partial charge < -0.3 is 4.57 Å². The fourth-order valence-electron chi connectivity index (χ4n) is 3.86. The summed E-state index contributed by atoms with van der Waals surface area (Å²) in [5, 5.41) is 4.20. The number of nitrogens with one attached hydrogen (secondary N) is 1. The SMILES string of the molecule is O=C1NC(=O)C(Cc2ccc(C#CCn3c4ccccc4c4ccccc43)cc2)S1. The fourth-order valence-corrected chi connectivity index (χ4v) is 4.72. The van der Waals surface area contributed by atoms with E-state index in [-0.39, 0.29) is 16.4 Å². The van der Waals surface area contributed by atoms with Crippen molar-refractivity contribution in [3.63, 3.8) is 0 Å². The molecular weight excluding hydrogens is 392 g/mol. The lowest BCUT2D eigenvalue weighted by molar-refractivity contribution is -0.118. The van der Waals surface area contributed by atoms with E-state index in [2.05, 4.69) is 70.3 Å². The van der Waals surface area contributed by atoms with Crippen LogP contribution in [0.1, 0.15) is 11.1 Å². The number of carbonyl (C=O) groups is 2. The molecule has 0 spiro atoms. The van der Waals surface area contributed by atoms with Crippen LogP contribution < -0.4 is 5.32 Å². The van der Waals surface area contributed by atoms with Gasteiger partial charge >= 0.3 is 0 Å². The second kappa shape index (κ2) is 7.74. The molecule has 3 aromatic carbocycles.